The minimum Gasteiger partial charge on any atom is -0.480 e. The third-order valence-corrected chi connectivity index (χ3v) is 4.00. The molecular weight excluding hydrogens is 364 g/mol. The van der Waals surface area contributed by atoms with Crippen LogP contribution in [0.4, 0.5) is 0 Å². The van der Waals surface area contributed by atoms with Gasteiger partial charge in [-0.05, 0) is 17.9 Å². The molecule has 0 aliphatic rings. The zero-order valence-electron chi connectivity index (χ0n) is 16.1. The van der Waals surface area contributed by atoms with Gasteiger partial charge in [0, 0.05) is 6.42 Å². The first-order valence-electron chi connectivity index (χ1n) is 9.01. The van der Waals surface area contributed by atoms with E-state index in [0.29, 0.717) is 6.42 Å². The molecule has 1 aromatic carbocycles. The molecule has 0 saturated heterocycles. The molecule has 28 heavy (non-hydrogen) atoms. The molecule has 0 fully saturated rings. The van der Waals surface area contributed by atoms with Gasteiger partial charge < -0.3 is 27.2 Å². The summed E-state index contributed by atoms with van der Waals surface area (Å²) in [6.07, 6.45) is 0.0145. The number of hydrogen-bond acceptors (Lipinski definition) is 5. The summed E-state index contributed by atoms with van der Waals surface area (Å²) < 4.78 is 0. The highest BCUT2D eigenvalue weighted by Gasteiger charge is 2.29. The van der Waals surface area contributed by atoms with Crippen LogP contribution in [0.15, 0.2) is 30.3 Å². The molecule has 0 spiro atoms. The van der Waals surface area contributed by atoms with Gasteiger partial charge in [-0.25, -0.2) is 4.79 Å². The van der Waals surface area contributed by atoms with Crippen molar-refractivity contribution in [3.05, 3.63) is 35.9 Å². The van der Waals surface area contributed by atoms with Gasteiger partial charge in [-0.1, -0.05) is 44.2 Å². The monoisotopic (exact) mass is 392 g/mol. The lowest BCUT2D eigenvalue weighted by Gasteiger charge is -2.23. The summed E-state index contributed by atoms with van der Waals surface area (Å²) in [5, 5.41) is 14.0. The quantitative estimate of drug-likeness (QED) is 0.342. The van der Waals surface area contributed by atoms with E-state index in [0.717, 1.165) is 5.56 Å². The topological polar surface area (TPSA) is 165 Å². The molecule has 0 heterocycles. The van der Waals surface area contributed by atoms with Crippen molar-refractivity contribution < 1.29 is 24.3 Å². The lowest BCUT2D eigenvalue weighted by atomic mass is 10.0. The molecule has 1 aromatic rings. The number of primary amides is 1. The highest BCUT2D eigenvalue weighted by Crippen LogP contribution is 2.07. The lowest BCUT2D eigenvalue weighted by Crippen LogP contribution is -2.55. The van der Waals surface area contributed by atoms with Crippen molar-refractivity contribution in [2.45, 2.75) is 51.2 Å². The van der Waals surface area contributed by atoms with Crippen LogP contribution in [0, 0.1) is 5.92 Å². The number of carboxylic acid groups (broad SMARTS) is 1. The van der Waals surface area contributed by atoms with Crippen molar-refractivity contribution in [1.29, 1.82) is 0 Å². The molecule has 3 unspecified atom stereocenters. The Bertz CT molecular complexity index is 693. The Morgan fingerprint density at radius 2 is 1.57 bits per heavy atom. The number of nitrogens with two attached hydrogens (primary N) is 2. The van der Waals surface area contributed by atoms with Crippen molar-refractivity contribution in [1.82, 2.24) is 10.6 Å². The van der Waals surface area contributed by atoms with E-state index in [2.05, 4.69) is 10.6 Å². The number of carbonyl (C=O) groups excluding carboxylic acids is 3. The second-order valence-corrected chi connectivity index (χ2v) is 7.06. The first-order valence-corrected chi connectivity index (χ1v) is 9.01. The standard InChI is InChI=1S/C19H28N4O5/c1-11(2)8-13(20)17(25)22-14(9-12-6-4-3-5-7-12)18(26)23-15(19(27)28)10-16(21)24/h3-7,11,13-15H,8-10,20H2,1-2H3,(H2,21,24)(H,22,25)(H,23,26)(H,27,28). The zero-order chi connectivity index (χ0) is 21.3. The fourth-order valence-electron chi connectivity index (χ4n) is 2.63. The maximum atomic E-state index is 12.6. The van der Waals surface area contributed by atoms with Gasteiger partial charge in [-0.3, -0.25) is 14.4 Å². The van der Waals surface area contributed by atoms with E-state index in [9.17, 15) is 24.3 Å². The summed E-state index contributed by atoms with van der Waals surface area (Å²) in [5.74, 6) is -3.31. The van der Waals surface area contributed by atoms with E-state index in [1.807, 2.05) is 19.9 Å². The summed E-state index contributed by atoms with van der Waals surface area (Å²) in [4.78, 5) is 47.3. The Morgan fingerprint density at radius 1 is 1.00 bits per heavy atom. The average Bonchev–Trinajstić information content (AvgIpc) is 2.60. The van der Waals surface area contributed by atoms with Crippen LogP contribution in [0.5, 0.6) is 0 Å². The first-order chi connectivity index (χ1) is 13.1. The normalized spacial score (nSPS) is 14.0. The molecule has 9 heteroatoms. The Labute approximate surface area is 163 Å². The van der Waals surface area contributed by atoms with Gasteiger partial charge in [-0.2, -0.15) is 0 Å². The van der Waals surface area contributed by atoms with E-state index in [1.54, 1.807) is 24.3 Å². The van der Waals surface area contributed by atoms with Gasteiger partial charge in [0.05, 0.1) is 12.5 Å². The minimum absolute atomic E-state index is 0.135. The van der Waals surface area contributed by atoms with E-state index < -0.39 is 48.2 Å². The maximum Gasteiger partial charge on any atom is 0.326 e. The highest BCUT2D eigenvalue weighted by molar-refractivity contribution is 5.93. The second kappa shape index (κ2) is 11.0. The van der Waals surface area contributed by atoms with Gasteiger partial charge in [-0.15, -0.1) is 0 Å². The number of carboxylic acids is 1. The Balaban J connectivity index is 2.95. The molecule has 3 atom stereocenters. The molecule has 9 nitrogen and oxygen atoms in total. The van der Waals surface area contributed by atoms with E-state index in [4.69, 9.17) is 11.5 Å². The molecule has 7 N–H and O–H groups in total. The fraction of sp³-hybridized carbons (Fsp3) is 0.474. The van der Waals surface area contributed by atoms with Gasteiger partial charge in [0.15, 0.2) is 0 Å². The minimum atomic E-state index is -1.48. The summed E-state index contributed by atoms with van der Waals surface area (Å²) in [7, 11) is 0. The maximum absolute atomic E-state index is 12.6. The number of aliphatic carboxylic acids is 1. The molecular formula is C19H28N4O5. The molecule has 0 aliphatic heterocycles. The number of carbonyl (C=O) groups is 4. The Morgan fingerprint density at radius 3 is 2.07 bits per heavy atom. The third kappa shape index (κ3) is 8.17. The lowest BCUT2D eigenvalue weighted by molar-refractivity contribution is -0.143. The van der Waals surface area contributed by atoms with Gasteiger partial charge in [0.25, 0.3) is 0 Å². The van der Waals surface area contributed by atoms with E-state index >= 15 is 0 Å². The summed E-state index contributed by atoms with van der Waals surface area (Å²) >= 11 is 0. The summed E-state index contributed by atoms with van der Waals surface area (Å²) in [6, 6.07) is 5.59. The van der Waals surface area contributed by atoms with Crippen molar-refractivity contribution in [3.8, 4) is 0 Å². The smallest absolute Gasteiger partial charge is 0.326 e. The number of rotatable bonds is 11. The van der Waals surface area contributed by atoms with Crippen molar-refractivity contribution in [2.75, 3.05) is 0 Å². The molecule has 0 radical (unpaired) electrons. The van der Waals surface area contributed by atoms with Crippen LogP contribution >= 0.6 is 0 Å². The van der Waals surface area contributed by atoms with Gasteiger partial charge in [0.2, 0.25) is 17.7 Å². The van der Waals surface area contributed by atoms with Crippen molar-refractivity contribution >= 4 is 23.7 Å². The number of hydrogen-bond donors (Lipinski definition) is 5. The van der Waals surface area contributed by atoms with E-state index in [1.165, 1.54) is 0 Å². The molecule has 0 bridgehead atoms. The number of amides is 3. The number of nitrogens with one attached hydrogen (secondary N) is 2. The Hall–Kier alpha value is -2.94. The SMILES string of the molecule is CC(C)CC(N)C(=O)NC(Cc1ccccc1)C(=O)NC(CC(N)=O)C(=O)O. The third-order valence-electron chi connectivity index (χ3n) is 4.00. The largest absolute Gasteiger partial charge is 0.480 e. The predicted octanol–water partition coefficient (Wildman–Crippen LogP) is -0.468. The van der Waals surface area contributed by atoms with Crippen LogP contribution in [0.3, 0.4) is 0 Å². The van der Waals surface area contributed by atoms with Crippen molar-refractivity contribution in [2.24, 2.45) is 17.4 Å². The van der Waals surface area contributed by atoms with Crippen LogP contribution in [0.25, 0.3) is 0 Å². The molecule has 0 aromatic heterocycles. The average molecular weight is 392 g/mol. The van der Waals surface area contributed by atoms with Crippen LogP contribution in [-0.2, 0) is 25.6 Å². The molecule has 1 rings (SSSR count). The second-order valence-electron chi connectivity index (χ2n) is 7.06. The molecule has 0 aliphatic carbocycles. The van der Waals surface area contributed by atoms with Crippen LogP contribution in [-0.4, -0.2) is 46.9 Å². The van der Waals surface area contributed by atoms with Crippen LogP contribution in [0.2, 0.25) is 0 Å². The Kier molecular flexibility index (Phi) is 9.10. The summed E-state index contributed by atoms with van der Waals surface area (Å²) in [5.41, 5.74) is 11.7. The fourth-order valence-corrected chi connectivity index (χ4v) is 2.63. The van der Waals surface area contributed by atoms with Crippen LogP contribution in [0.1, 0.15) is 32.3 Å². The molecule has 154 valence electrons. The van der Waals surface area contributed by atoms with Crippen molar-refractivity contribution in [3.63, 3.8) is 0 Å². The number of benzene rings is 1. The predicted molar refractivity (Wildman–Crippen MR) is 103 cm³/mol. The zero-order valence-corrected chi connectivity index (χ0v) is 16.1. The first kappa shape index (κ1) is 23.1. The van der Waals surface area contributed by atoms with Gasteiger partial charge in [0.1, 0.15) is 12.1 Å². The van der Waals surface area contributed by atoms with Gasteiger partial charge >= 0.3 is 5.97 Å². The molecule has 3 amide bonds. The van der Waals surface area contributed by atoms with Crippen LogP contribution < -0.4 is 22.1 Å². The molecule has 0 saturated carbocycles. The highest BCUT2D eigenvalue weighted by atomic mass is 16.4. The van der Waals surface area contributed by atoms with E-state index in [-0.39, 0.29) is 12.3 Å². The summed E-state index contributed by atoms with van der Waals surface area (Å²) in [6.45, 7) is 3.84.